The van der Waals surface area contributed by atoms with E-state index >= 15 is 0 Å². The van der Waals surface area contributed by atoms with Crippen LogP contribution in [-0.2, 0) is 12.8 Å². The van der Waals surface area contributed by atoms with Crippen molar-refractivity contribution in [2.45, 2.75) is 57.8 Å². The summed E-state index contributed by atoms with van der Waals surface area (Å²) in [5, 5.41) is 0. The molecule has 146 valence electrons. The van der Waals surface area contributed by atoms with Crippen molar-refractivity contribution in [2.24, 2.45) is 5.92 Å². The van der Waals surface area contributed by atoms with Gasteiger partial charge in [-0.2, -0.15) is 4.39 Å². The first-order valence-electron chi connectivity index (χ1n) is 9.82. The highest BCUT2D eigenvalue weighted by Gasteiger charge is 2.26. The number of hydrogen-bond donors (Lipinski definition) is 0. The predicted molar refractivity (Wildman–Crippen MR) is 102 cm³/mol. The molecule has 4 heteroatoms. The van der Waals surface area contributed by atoms with Crippen molar-refractivity contribution in [1.82, 2.24) is 0 Å². The lowest BCUT2D eigenvalue weighted by atomic mass is 9.76. The summed E-state index contributed by atoms with van der Waals surface area (Å²) in [4.78, 5) is 0. The minimum absolute atomic E-state index is 0.0498. The Morgan fingerprint density at radius 1 is 0.963 bits per heavy atom. The molecule has 0 spiro atoms. The van der Waals surface area contributed by atoms with E-state index in [4.69, 9.17) is 4.74 Å². The first-order valence-corrected chi connectivity index (χ1v) is 9.82. The van der Waals surface area contributed by atoms with Crippen LogP contribution in [0.15, 0.2) is 30.3 Å². The van der Waals surface area contributed by atoms with Gasteiger partial charge in [0.05, 0.1) is 7.11 Å². The third-order valence-electron chi connectivity index (χ3n) is 5.92. The number of aryl methyl sites for hydroxylation is 2. The van der Waals surface area contributed by atoms with Crippen molar-refractivity contribution < 1.29 is 17.9 Å². The third kappa shape index (κ3) is 4.48. The van der Waals surface area contributed by atoms with E-state index in [9.17, 15) is 13.2 Å². The van der Waals surface area contributed by atoms with Crippen LogP contribution in [-0.4, -0.2) is 7.11 Å². The Balaban J connectivity index is 1.55. The van der Waals surface area contributed by atoms with Gasteiger partial charge in [0, 0.05) is 0 Å². The summed E-state index contributed by atoms with van der Waals surface area (Å²) in [6, 6.07) is 8.71. The molecule has 2 aromatic rings. The minimum Gasteiger partial charge on any atom is -0.494 e. The third-order valence-corrected chi connectivity index (χ3v) is 5.92. The van der Waals surface area contributed by atoms with Gasteiger partial charge in [0.25, 0.3) is 0 Å². The molecule has 0 atom stereocenters. The van der Waals surface area contributed by atoms with E-state index in [1.165, 1.54) is 13.2 Å². The van der Waals surface area contributed by atoms with Crippen molar-refractivity contribution >= 4 is 0 Å². The smallest absolute Gasteiger partial charge is 0.200 e. The molecule has 2 aromatic carbocycles. The molecule has 27 heavy (non-hydrogen) atoms. The highest BCUT2D eigenvalue weighted by molar-refractivity contribution is 5.33. The second-order valence-corrected chi connectivity index (χ2v) is 7.52. The highest BCUT2D eigenvalue weighted by Crippen LogP contribution is 2.39. The SMILES string of the molecule is CCc1ccc(CCC2CCC(c3ccc(OC)c(F)c3F)CC2)cc1F. The number of methoxy groups -OCH3 is 1. The molecule has 0 aromatic heterocycles. The fourth-order valence-electron chi connectivity index (χ4n) is 4.19. The average molecular weight is 376 g/mol. The van der Waals surface area contributed by atoms with Crippen LogP contribution >= 0.6 is 0 Å². The molecule has 0 heterocycles. The fourth-order valence-corrected chi connectivity index (χ4v) is 4.19. The van der Waals surface area contributed by atoms with Crippen molar-refractivity contribution in [3.63, 3.8) is 0 Å². The maximum atomic E-state index is 14.3. The molecule has 1 fully saturated rings. The molecule has 0 N–H and O–H groups in total. The van der Waals surface area contributed by atoms with E-state index in [0.717, 1.165) is 49.7 Å². The number of rotatable bonds is 6. The Morgan fingerprint density at radius 3 is 2.33 bits per heavy atom. The van der Waals surface area contributed by atoms with Gasteiger partial charge in [0.2, 0.25) is 5.82 Å². The van der Waals surface area contributed by atoms with E-state index in [1.54, 1.807) is 12.1 Å². The Bertz CT molecular complexity index is 779. The molecule has 0 aliphatic heterocycles. The maximum absolute atomic E-state index is 14.3. The first kappa shape index (κ1) is 19.8. The average Bonchev–Trinajstić information content (AvgIpc) is 2.69. The second-order valence-electron chi connectivity index (χ2n) is 7.52. The van der Waals surface area contributed by atoms with Crippen molar-refractivity contribution in [3.8, 4) is 5.75 Å². The Hall–Kier alpha value is -1.97. The van der Waals surface area contributed by atoms with E-state index < -0.39 is 11.6 Å². The van der Waals surface area contributed by atoms with Crippen LogP contribution in [0, 0.1) is 23.4 Å². The summed E-state index contributed by atoms with van der Waals surface area (Å²) >= 11 is 0. The molecular formula is C23H27F3O. The zero-order chi connectivity index (χ0) is 19.4. The summed E-state index contributed by atoms with van der Waals surface area (Å²) < 4.78 is 47.0. The molecule has 0 saturated heterocycles. The molecule has 0 bridgehead atoms. The Kier molecular flexibility index (Phi) is 6.46. The summed E-state index contributed by atoms with van der Waals surface area (Å²) in [7, 11) is 1.34. The standard InChI is InChI=1S/C23H27F3O/c1-3-17-9-8-16(14-20(17)24)5-4-15-6-10-18(11-7-15)19-12-13-21(27-2)23(26)22(19)25/h8-9,12-15,18H,3-7,10-11H2,1-2H3. The topological polar surface area (TPSA) is 9.23 Å². The number of ether oxygens (including phenoxy) is 1. The minimum atomic E-state index is -0.894. The van der Waals surface area contributed by atoms with Gasteiger partial charge in [-0.25, -0.2) is 8.78 Å². The van der Waals surface area contributed by atoms with Gasteiger partial charge in [-0.05, 0) is 85.6 Å². The normalized spacial score (nSPS) is 19.9. The van der Waals surface area contributed by atoms with Gasteiger partial charge in [-0.15, -0.1) is 0 Å². The molecule has 0 amide bonds. The molecule has 1 nitrogen and oxygen atoms in total. The maximum Gasteiger partial charge on any atom is 0.200 e. The lowest BCUT2D eigenvalue weighted by Crippen LogP contribution is -2.15. The zero-order valence-corrected chi connectivity index (χ0v) is 16.0. The summed E-state index contributed by atoms with van der Waals surface area (Å²) in [5.41, 5.74) is 2.26. The van der Waals surface area contributed by atoms with Crippen LogP contribution in [0.4, 0.5) is 13.2 Å². The zero-order valence-electron chi connectivity index (χ0n) is 16.0. The quantitative estimate of drug-likeness (QED) is 0.553. The van der Waals surface area contributed by atoms with Gasteiger partial charge < -0.3 is 4.74 Å². The summed E-state index contributed by atoms with van der Waals surface area (Å²) in [5.74, 6) is -1.22. The van der Waals surface area contributed by atoms with Crippen LogP contribution in [0.3, 0.4) is 0 Å². The van der Waals surface area contributed by atoms with E-state index in [0.29, 0.717) is 17.9 Å². The van der Waals surface area contributed by atoms with Crippen LogP contribution < -0.4 is 4.74 Å². The monoisotopic (exact) mass is 376 g/mol. The van der Waals surface area contributed by atoms with Crippen molar-refractivity contribution in [1.29, 1.82) is 0 Å². The summed E-state index contributed by atoms with van der Waals surface area (Å²) in [6.07, 6.45) is 6.28. The van der Waals surface area contributed by atoms with Crippen LogP contribution in [0.1, 0.15) is 61.6 Å². The van der Waals surface area contributed by atoms with Crippen molar-refractivity contribution in [3.05, 3.63) is 64.5 Å². The van der Waals surface area contributed by atoms with Gasteiger partial charge in [-0.3, -0.25) is 0 Å². The van der Waals surface area contributed by atoms with Crippen LogP contribution in [0.2, 0.25) is 0 Å². The fraction of sp³-hybridized carbons (Fsp3) is 0.478. The second kappa shape index (κ2) is 8.81. The van der Waals surface area contributed by atoms with Crippen LogP contribution in [0.25, 0.3) is 0 Å². The van der Waals surface area contributed by atoms with E-state index in [2.05, 4.69) is 0 Å². The molecule has 0 unspecified atom stereocenters. The molecular weight excluding hydrogens is 349 g/mol. The lowest BCUT2D eigenvalue weighted by molar-refractivity contribution is 0.303. The van der Waals surface area contributed by atoms with Gasteiger partial charge in [0.1, 0.15) is 5.82 Å². The Labute approximate surface area is 159 Å². The first-order chi connectivity index (χ1) is 13.0. The van der Waals surface area contributed by atoms with Gasteiger partial charge >= 0.3 is 0 Å². The summed E-state index contributed by atoms with van der Waals surface area (Å²) in [6.45, 7) is 1.95. The van der Waals surface area contributed by atoms with E-state index in [1.807, 2.05) is 19.1 Å². The molecule has 0 radical (unpaired) electrons. The van der Waals surface area contributed by atoms with E-state index in [-0.39, 0.29) is 17.5 Å². The molecule has 1 aliphatic carbocycles. The Morgan fingerprint density at radius 2 is 1.70 bits per heavy atom. The van der Waals surface area contributed by atoms with Gasteiger partial charge in [-0.1, -0.05) is 25.1 Å². The molecule has 1 saturated carbocycles. The van der Waals surface area contributed by atoms with Gasteiger partial charge in [0.15, 0.2) is 11.6 Å². The van der Waals surface area contributed by atoms with Crippen molar-refractivity contribution in [2.75, 3.05) is 7.11 Å². The molecule has 1 aliphatic rings. The number of halogens is 3. The lowest BCUT2D eigenvalue weighted by Gasteiger charge is -2.29. The van der Waals surface area contributed by atoms with Crippen LogP contribution in [0.5, 0.6) is 5.75 Å². The highest BCUT2D eigenvalue weighted by atomic mass is 19.2. The number of hydrogen-bond acceptors (Lipinski definition) is 1. The molecule has 3 rings (SSSR count). The predicted octanol–water partition coefficient (Wildman–Crippen LogP) is 6.58. The number of benzene rings is 2. The largest absolute Gasteiger partial charge is 0.494 e.